The summed E-state index contributed by atoms with van der Waals surface area (Å²) in [4.78, 5) is 36.6. The molecule has 517 valence electrons. The van der Waals surface area contributed by atoms with Crippen LogP contribution in [0, 0.1) is 30.6 Å². The Labute approximate surface area is 618 Å². The van der Waals surface area contributed by atoms with E-state index in [-0.39, 0.29) is 17.1 Å². The van der Waals surface area contributed by atoms with Crippen LogP contribution in [0.3, 0.4) is 0 Å². The number of hydrogen-bond donors (Lipinski definition) is 0. The molecule has 1 radical (unpaired) electrons. The summed E-state index contributed by atoms with van der Waals surface area (Å²) in [5, 5.41) is 29.5. The zero-order valence-electron chi connectivity index (χ0n) is 56.5. The summed E-state index contributed by atoms with van der Waals surface area (Å²) in [7, 11) is 0. The van der Waals surface area contributed by atoms with Crippen LogP contribution in [-0.2, 0) is 39.2 Å². The molecule has 0 aliphatic rings. The van der Waals surface area contributed by atoms with E-state index in [0.29, 0.717) is 0 Å². The molecule has 4 heterocycles. The van der Waals surface area contributed by atoms with Crippen molar-refractivity contribution in [3.05, 3.63) is 511 Å². The Morgan fingerprint density at radius 3 is 0.390 bits per heavy atom. The first-order chi connectivity index (χ1) is 51.1. The molecule has 0 spiro atoms. The van der Waals surface area contributed by atoms with Crippen molar-refractivity contribution in [3.8, 4) is 22.8 Å². The average Bonchev–Trinajstić information content (AvgIpc) is 1.69. The van der Waals surface area contributed by atoms with Gasteiger partial charge < -0.3 is 48.9 Å². The van der Waals surface area contributed by atoms with E-state index in [4.69, 9.17) is 50.6 Å². The molecule has 0 amide bonds. The van der Waals surface area contributed by atoms with Crippen molar-refractivity contribution in [2.45, 2.75) is 22.2 Å². The summed E-state index contributed by atoms with van der Waals surface area (Å²) < 4.78 is 8.95. The fraction of sp³-hybridized carbons (Fsp3) is 0.0455. The SMILES string of the molecule is O=[N+]([O-])[O-].O=[N+]([O-])[O-].[Cu+2].c1ccc(C(c2ccccc2)(c2ccccc2)n2cnc(-c3cn(C(c4ccccc4)(c4ccccc4)c4ccccc4)cn3)c2)cc1.c1ccc(C(c2ccccc2)(c2ccccc2)n2cnc(-c3cn(C(c4ccccc4)(c4ccccc4)c4ccccc4)cn3)c2)cc1. The van der Waals surface area contributed by atoms with Crippen molar-refractivity contribution in [2.75, 3.05) is 0 Å². The average molecular weight is 1430 g/mol. The molecular formula is C88H68CuN10O6. The van der Waals surface area contributed by atoms with Gasteiger partial charge in [0.05, 0.1) is 35.5 Å². The number of hydrogen-bond acceptors (Lipinski definition) is 10. The summed E-state index contributed by atoms with van der Waals surface area (Å²) in [6, 6.07) is 128. The van der Waals surface area contributed by atoms with E-state index in [1.165, 1.54) is 0 Å². The van der Waals surface area contributed by atoms with Gasteiger partial charge >= 0.3 is 17.1 Å². The summed E-state index contributed by atoms with van der Waals surface area (Å²) in [5.74, 6) is 0. The molecule has 12 aromatic carbocycles. The van der Waals surface area contributed by atoms with Crippen LogP contribution in [0.25, 0.3) is 22.8 Å². The first-order valence-corrected chi connectivity index (χ1v) is 33.6. The van der Waals surface area contributed by atoms with E-state index in [2.05, 4.69) is 407 Å². The Bertz CT molecular complexity index is 4280. The second-order valence-electron chi connectivity index (χ2n) is 24.3. The molecule has 0 aliphatic carbocycles. The van der Waals surface area contributed by atoms with E-state index in [9.17, 15) is 0 Å². The van der Waals surface area contributed by atoms with Crippen LogP contribution in [0.5, 0.6) is 0 Å². The van der Waals surface area contributed by atoms with Crippen molar-refractivity contribution in [1.29, 1.82) is 0 Å². The Balaban J connectivity index is 0.000000178. The summed E-state index contributed by atoms with van der Waals surface area (Å²) in [5.41, 5.74) is 14.3. The third-order valence-corrected chi connectivity index (χ3v) is 18.7. The Hall–Kier alpha value is -13.6. The minimum Gasteiger partial charge on any atom is -0.356 e. The number of rotatable bonds is 18. The number of aromatic nitrogens is 8. The number of nitrogens with zero attached hydrogens (tertiary/aromatic N) is 10. The minimum absolute atomic E-state index is 0. The van der Waals surface area contributed by atoms with Crippen LogP contribution in [0.15, 0.2) is 414 Å². The second-order valence-corrected chi connectivity index (χ2v) is 24.3. The third kappa shape index (κ3) is 14.3. The van der Waals surface area contributed by atoms with Crippen LogP contribution in [-0.4, -0.2) is 48.4 Å². The van der Waals surface area contributed by atoms with Crippen molar-refractivity contribution in [2.24, 2.45) is 0 Å². The van der Waals surface area contributed by atoms with Gasteiger partial charge in [0.1, 0.15) is 44.9 Å². The van der Waals surface area contributed by atoms with Gasteiger partial charge in [-0.25, -0.2) is 19.9 Å². The topological polar surface area (TPSA) is 204 Å². The first kappa shape index (κ1) is 71.2. The predicted octanol–water partition coefficient (Wildman–Crippen LogP) is 18.4. The molecule has 0 aliphatic heterocycles. The zero-order valence-corrected chi connectivity index (χ0v) is 57.4. The van der Waals surface area contributed by atoms with Gasteiger partial charge in [-0.2, -0.15) is 0 Å². The fourth-order valence-electron chi connectivity index (χ4n) is 14.5. The molecule has 0 bridgehead atoms. The smallest absolute Gasteiger partial charge is 0.356 e. The van der Waals surface area contributed by atoms with E-state index >= 15 is 0 Å². The van der Waals surface area contributed by atoms with Gasteiger partial charge in [-0.3, -0.25) is 0 Å². The van der Waals surface area contributed by atoms with Crippen LogP contribution in [0.4, 0.5) is 0 Å². The molecular weight excluding hydrogens is 1360 g/mol. The fourth-order valence-corrected chi connectivity index (χ4v) is 14.5. The molecule has 16 rings (SSSR count). The molecule has 17 heteroatoms. The van der Waals surface area contributed by atoms with Crippen LogP contribution in [0.1, 0.15) is 66.8 Å². The van der Waals surface area contributed by atoms with E-state index in [1.54, 1.807) is 0 Å². The van der Waals surface area contributed by atoms with Gasteiger partial charge in [-0.05, 0) is 66.8 Å². The summed E-state index contributed by atoms with van der Waals surface area (Å²) >= 11 is 0. The van der Waals surface area contributed by atoms with E-state index in [1.807, 2.05) is 25.3 Å². The molecule has 16 nitrogen and oxygen atoms in total. The van der Waals surface area contributed by atoms with Crippen molar-refractivity contribution >= 4 is 0 Å². The third-order valence-electron chi connectivity index (χ3n) is 18.7. The minimum atomic E-state index is -1.75. The molecule has 4 aromatic heterocycles. The van der Waals surface area contributed by atoms with Crippen LogP contribution < -0.4 is 0 Å². The van der Waals surface area contributed by atoms with Crippen molar-refractivity contribution in [3.63, 3.8) is 0 Å². The van der Waals surface area contributed by atoms with Crippen molar-refractivity contribution < 1.29 is 27.2 Å². The zero-order chi connectivity index (χ0) is 71.6. The molecule has 0 saturated carbocycles. The van der Waals surface area contributed by atoms with Gasteiger partial charge in [0, 0.05) is 24.8 Å². The Kier molecular flexibility index (Phi) is 22.3. The molecule has 0 fully saturated rings. The van der Waals surface area contributed by atoms with Crippen LogP contribution in [0.2, 0.25) is 0 Å². The maximum absolute atomic E-state index is 8.25. The molecule has 0 saturated heterocycles. The van der Waals surface area contributed by atoms with E-state index in [0.717, 1.165) is 89.5 Å². The molecule has 0 unspecified atom stereocenters. The van der Waals surface area contributed by atoms with Gasteiger partial charge in [-0.15, -0.1) is 0 Å². The monoisotopic (exact) mass is 1420 g/mol. The largest absolute Gasteiger partial charge is 2.00 e. The number of benzene rings is 12. The summed E-state index contributed by atoms with van der Waals surface area (Å²) in [6.45, 7) is 0. The first-order valence-electron chi connectivity index (χ1n) is 33.6. The molecule has 16 aromatic rings. The Morgan fingerprint density at radius 1 is 0.200 bits per heavy atom. The normalized spacial score (nSPS) is 11.2. The van der Waals surface area contributed by atoms with Gasteiger partial charge in [0.15, 0.2) is 0 Å². The van der Waals surface area contributed by atoms with Crippen molar-refractivity contribution in [1.82, 2.24) is 38.2 Å². The molecule has 105 heavy (non-hydrogen) atoms. The molecule has 0 atom stereocenters. The number of imidazole rings is 4. The maximum atomic E-state index is 8.25. The van der Waals surface area contributed by atoms with E-state index < -0.39 is 32.3 Å². The van der Waals surface area contributed by atoms with Gasteiger partial charge in [0.2, 0.25) is 0 Å². The Morgan fingerprint density at radius 2 is 0.295 bits per heavy atom. The van der Waals surface area contributed by atoms with Gasteiger partial charge in [-0.1, -0.05) is 364 Å². The summed E-state index contributed by atoms with van der Waals surface area (Å²) in [6.07, 6.45) is 16.3. The van der Waals surface area contributed by atoms with Crippen LogP contribution >= 0.6 is 0 Å². The second kappa shape index (κ2) is 32.8. The predicted molar refractivity (Wildman–Crippen MR) is 406 cm³/mol. The quantitative estimate of drug-likeness (QED) is 0.0344. The standard InChI is InChI=1S/2C44H34N4.Cu.2NO3/c2*1-7-19-35(20-8-1)43(36-21-9-2-10-22-36,37-23-11-3-12-24-37)47-31-41(45-33-47)42-32-48(34-46-42)44(38-25-13-4-14-26-38,39-27-15-5-16-28-39)40-29-17-6-18-30-40;;2*2-1(3)4/h2*1-34H;;;/q;;+2;2*-1. The molecule has 0 N–H and O–H groups in total. The maximum Gasteiger partial charge on any atom is 2.00 e. The van der Waals surface area contributed by atoms with Gasteiger partial charge in [0.25, 0.3) is 0 Å².